The molecular weight excluding hydrogens is 540 g/mol. The Hall–Kier alpha value is -4.71. The van der Waals surface area contributed by atoms with Crippen molar-refractivity contribution in [2.45, 2.75) is 69.6 Å². The van der Waals surface area contributed by atoms with Crippen LogP contribution >= 0.6 is 0 Å². The number of nitrogens with one attached hydrogen (secondary N) is 4. The highest BCUT2D eigenvalue weighted by atomic mass is 16.4. The highest BCUT2D eigenvalue weighted by molar-refractivity contribution is 5.96. The number of hydrogen-bond acceptors (Lipinski definition) is 6. The highest BCUT2D eigenvalue weighted by Crippen LogP contribution is 2.19. The molecule has 0 saturated heterocycles. The Morgan fingerprint density at radius 3 is 2.12 bits per heavy atom. The van der Waals surface area contributed by atoms with Crippen LogP contribution in [-0.4, -0.2) is 63.9 Å². The number of aromatic amines is 1. The Bertz CT molecular complexity index is 1390. The molecule has 0 fully saturated rings. The molecule has 12 nitrogen and oxygen atoms in total. The number of fused-ring (bicyclic) bond motifs is 1. The first-order chi connectivity index (χ1) is 20.1. The van der Waals surface area contributed by atoms with Crippen molar-refractivity contribution in [3.05, 3.63) is 71.9 Å². The number of aliphatic carboxylic acids is 1. The predicted molar refractivity (Wildman–Crippen MR) is 157 cm³/mol. The molecule has 0 aliphatic rings. The van der Waals surface area contributed by atoms with Gasteiger partial charge in [-0.15, -0.1) is 0 Å². The maximum atomic E-state index is 13.3. The number of H-pyrrole nitrogens is 1. The van der Waals surface area contributed by atoms with E-state index in [1.54, 1.807) is 36.5 Å². The van der Waals surface area contributed by atoms with E-state index < -0.39 is 60.2 Å². The maximum absolute atomic E-state index is 13.3. The van der Waals surface area contributed by atoms with Crippen LogP contribution in [0.1, 0.15) is 43.7 Å². The number of nitrogens with two attached hydrogens (primary N) is 2. The third-order valence-electron chi connectivity index (χ3n) is 6.89. The van der Waals surface area contributed by atoms with E-state index in [0.717, 1.165) is 28.5 Å². The van der Waals surface area contributed by atoms with Crippen molar-refractivity contribution in [1.82, 2.24) is 20.9 Å². The lowest BCUT2D eigenvalue weighted by Crippen LogP contribution is -2.58. The molecule has 0 saturated carbocycles. The second-order valence-corrected chi connectivity index (χ2v) is 10.2. The number of primary amides is 1. The van der Waals surface area contributed by atoms with Crippen molar-refractivity contribution >= 4 is 40.5 Å². The van der Waals surface area contributed by atoms with Crippen LogP contribution < -0.4 is 27.4 Å². The largest absolute Gasteiger partial charge is 0.481 e. The van der Waals surface area contributed by atoms with Gasteiger partial charge in [0.2, 0.25) is 23.6 Å². The lowest BCUT2D eigenvalue weighted by molar-refractivity contribution is -0.141. The van der Waals surface area contributed by atoms with E-state index in [1.807, 2.05) is 31.2 Å². The minimum Gasteiger partial charge on any atom is -0.481 e. The first kappa shape index (κ1) is 31.8. The number of benzene rings is 2. The van der Waals surface area contributed by atoms with E-state index in [4.69, 9.17) is 11.5 Å². The van der Waals surface area contributed by atoms with Gasteiger partial charge in [0.25, 0.3) is 0 Å². The number of hydrogen-bond donors (Lipinski definition) is 7. The number of para-hydroxylation sites is 1. The Morgan fingerprint density at radius 2 is 1.45 bits per heavy atom. The van der Waals surface area contributed by atoms with Crippen LogP contribution in [0.3, 0.4) is 0 Å². The fourth-order valence-electron chi connectivity index (χ4n) is 4.59. The Labute approximate surface area is 243 Å². The average Bonchev–Trinajstić information content (AvgIpc) is 3.37. The smallest absolute Gasteiger partial charge is 0.305 e. The van der Waals surface area contributed by atoms with Gasteiger partial charge in [-0.05, 0) is 30.0 Å². The monoisotopic (exact) mass is 578 g/mol. The van der Waals surface area contributed by atoms with E-state index in [-0.39, 0.29) is 19.3 Å². The molecule has 2 aromatic carbocycles. The zero-order valence-corrected chi connectivity index (χ0v) is 23.5. The number of unbranched alkanes of at least 4 members (excludes halogenated alkanes) is 1. The minimum absolute atomic E-state index is 0.0825. The quantitative estimate of drug-likeness (QED) is 0.130. The van der Waals surface area contributed by atoms with E-state index in [1.165, 1.54) is 0 Å². The van der Waals surface area contributed by atoms with Gasteiger partial charge in [-0.25, -0.2) is 0 Å². The van der Waals surface area contributed by atoms with E-state index >= 15 is 0 Å². The average molecular weight is 579 g/mol. The summed E-state index contributed by atoms with van der Waals surface area (Å²) in [6, 6.07) is 11.7. The highest BCUT2D eigenvalue weighted by Gasteiger charge is 2.31. The zero-order chi connectivity index (χ0) is 30.6. The standard InChI is InChI=1S/C30H38N6O6/c1-2-3-12-23(34-28(40)21(31)15-19-17-33-22-13-8-7-11-20(19)22)29(41)36-25(16-26(37)38)30(42)35-24(27(32)39)14-18-9-5-4-6-10-18/h4-11,13,17,21,23-25,33H,2-3,12,14-16,31H2,1H3,(H2,32,39)(H,34,40)(H,35,42)(H,36,41)(H,37,38)/t21-,23-,24-,25-/m0/s1. The van der Waals surface area contributed by atoms with Gasteiger partial charge in [-0.2, -0.15) is 0 Å². The summed E-state index contributed by atoms with van der Waals surface area (Å²) in [5, 5.41) is 17.9. The van der Waals surface area contributed by atoms with Gasteiger partial charge in [0.1, 0.15) is 18.1 Å². The first-order valence-corrected chi connectivity index (χ1v) is 13.9. The molecule has 0 spiro atoms. The molecule has 1 heterocycles. The van der Waals surface area contributed by atoms with E-state index in [0.29, 0.717) is 6.42 Å². The molecule has 1 aromatic heterocycles. The fraction of sp³-hybridized carbons (Fsp3) is 0.367. The van der Waals surface area contributed by atoms with Crippen molar-refractivity contribution in [1.29, 1.82) is 0 Å². The van der Waals surface area contributed by atoms with Gasteiger partial charge in [0.05, 0.1) is 12.5 Å². The van der Waals surface area contributed by atoms with Crippen LogP contribution in [0.5, 0.6) is 0 Å². The van der Waals surface area contributed by atoms with Gasteiger partial charge in [-0.3, -0.25) is 24.0 Å². The summed E-state index contributed by atoms with van der Waals surface area (Å²) >= 11 is 0. The summed E-state index contributed by atoms with van der Waals surface area (Å²) in [6.07, 6.45) is 2.88. The summed E-state index contributed by atoms with van der Waals surface area (Å²) in [4.78, 5) is 66.1. The lowest BCUT2D eigenvalue weighted by Gasteiger charge is -2.25. The molecule has 0 aliphatic heterocycles. The maximum Gasteiger partial charge on any atom is 0.305 e. The second kappa shape index (κ2) is 15.3. The molecule has 3 aromatic rings. The summed E-state index contributed by atoms with van der Waals surface area (Å²) in [7, 11) is 0. The van der Waals surface area contributed by atoms with Crippen molar-refractivity contribution in [3.8, 4) is 0 Å². The van der Waals surface area contributed by atoms with Crippen LogP contribution in [0.4, 0.5) is 0 Å². The van der Waals surface area contributed by atoms with Gasteiger partial charge < -0.3 is 37.5 Å². The molecule has 4 amide bonds. The number of carboxylic acids is 1. The van der Waals surface area contributed by atoms with Crippen molar-refractivity contribution < 1.29 is 29.1 Å². The Morgan fingerprint density at radius 1 is 0.833 bits per heavy atom. The third-order valence-corrected chi connectivity index (χ3v) is 6.89. The number of carbonyl (C=O) groups excluding carboxylic acids is 4. The molecule has 0 bridgehead atoms. The van der Waals surface area contributed by atoms with Gasteiger partial charge in [0.15, 0.2) is 0 Å². The Balaban J connectivity index is 1.69. The zero-order valence-electron chi connectivity index (χ0n) is 23.5. The molecule has 0 aliphatic carbocycles. The molecule has 12 heteroatoms. The van der Waals surface area contributed by atoms with Crippen LogP contribution in [0, 0.1) is 0 Å². The van der Waals surface area contributed by atoms with Gasteiger partial charge in [-0.1, -0.05) is 68.3 Å². The van der Waals surface area contributed by atoms with E-state index in [9.17, 15) is 29.1 Å². The van der Waals surface area contributed by atoms with Crippen molar-refractivity contribution in [2.24, 2.45) is 11.5 Å². The van der Waals surface area contributed by atoms with E-state index in [2.05, 4.69) is 20.9 Å². The first-order valence-electron chi connectivity index (χ1n) is 13.9. The lowest BCUT2D eigenvalue weighted by atomic mass is 10.0. The van der Waals surface area contributed by atoms with Crippen LogP contribution in [-0.2, 0) is 36.8 Å². The number of aromatic nitrogens is 1. The molecule has 9 N–H and O–H groups in total. The SMILES string of the molecule is CCCC[C@H](NC(=O)[C@@H](N)Cc1c[nH]c2ccccc12)C(=O)N[C@@H](CC(=O)O)C(=O)N[C@@H](Cc1ccccc1)C(N)=O. The normalized spacial score (nSPS) is 13.9. The van der Waals surface area contributed by atoms with Crippen molar-refractivity contribution in [3.63, 3.8) is 0 Å². The second-order valence-electron chi connectivity index (χ2n) is 10.2. The van der Waals surface area contributed by atoms with Gasteiger partial charge >= 0.3 is 5.97 Å². The predicted octanol–water partition coefficient (Wildman–Crippen LogP) is 0.885. The summed E-state index contributed by atoms with van der Waals surface area (Å²) in [6.45, 7) is 1.91. The molecule has 224 valence electrons. The summed E-state index contributed by atoms with van der Waals surface area (Å²) in [5.74, 6) is -4.35. The summed E-state index contributed by atoms with van der Waals surface area (Å²) < 4.78 is 0. The fourth-order valence-corrected chi connectivity index (χ4v) is 4.59. The van der Waals surface area contributed by atoms with Crippen molar-refractivity contribution in [2.75, 3.05) is 0 Å². The third kappa shape index (κ3) is 9.16. The van der Waals surface area contributed by atoms with Crippen LogP contribution in [0.25, 0.3) is 10.9 Å². The summed E-state index contributed by atoms with van der Waals surface area (Å²) in [5.41, 5.74) is 14.2. The number of carboxylic acid groups (broad SMARTS) is 1. The molecule has 4 atom stereocenters. The Kier molecular flexibility index (Phi) is 11.6. The molecule has 42 heavy (non-hydrogen) atoms. The molecule has 0 unspecified atom stereocenters. The van der Waals surface area contributed by atoms with Crippen LogP contribution in [0.15, 0.2) is 60.8 Å². The number of amides is 4. The number of rotatable bonds is 16. The number of carbonyl (C=O) groups is 5. The van der Waals surface area contributed by atoms with Gasteiger partial charge in [0, 0.05) is 23.5 Å². The van der Waals surface area contributed by atoms with Crippen LogP contribution in [0.2, 0.25) is 0 Å². The minimum atomic E-state index is -1.52. The molecular formula is C30H38N6O6. The molecule has 3 rings (SSSR count). The topological polar surface area (TPSA) is 209 Å². The molecule has 0 radical (unpaired) electrons.